The summed E-state index contributed by atoms with van der Waals surface area (Å²) >= 11 is 0. The van der Waals surface area contributed by atoms with Crippen molar-refractivity contribution in [2.75, 3.05) is 31.9 Å². The Hall–Kier alpha value is -1.47. The highest BCUT2D eigenvalue weighted by Gasteiger charge is 2.20. The fourth-order valence-corrected chi connectivity index (χ4v) is 3.85. The molecule has 128 valence electrons. The van der Waals surface area contributed by atoms with Crippen LogP contribution in [0.25, 0.3) is 0 Å². The van der Waals surface area contributed by atoms with Gasteiger partial charge < -0.3 is 5.32 Å². The number of sulfone groups is 1. The van der Waals surface area contributed by atoms with Crippen LogP contribution in [0.15, 0.2) is 29.2 Å². The van der Waals surface area contributed by atoms with Gasteiger partial charge in [0, 0.05) is 6.54 Å². The number of benzene rings is 1. The molecule has 0 aromatic heterocycles. The lowest BCUT2D eigenvalue weighted by molar-refractivity contribution is -0.122. The zero-order valence-corrected chi connectivity index (χ0v) is 14.1. The van der Waals surface area contributed by atoms with Crippen LogP contribution in [0.1, 0.15) is 19.8 Å². The molecule has 1 N–H and O–H groups in total. The maximum Gasteiger partial charge on any atom is 0.234 e. The van der Waals surface area contributed by atoms with Crippen LogP contribution in [-0.4, -0.2) is 51.2 Å². The molecule has 0 saturated carbocycles. The van der Waals surface area contributed by atoms with Crippen LogP contribution in [0.5, 0.6) is 0 Å². The molecule has 1 fully saturated rings. The number of piperidine rings is 1. The molecular weight excluding hydrogens is 319 g/mol. The normalized spacial score (nSPS) is 17.1. The SMILES string of the molecule is CC1CCN(CC(=O)NCCS(=O)(=O)c2ccccc2F)CC1. The van der Waals surface area contributed by atoms with E-state index in [0.717, 1.165) is 32.0 Å². The average molecular weight is 342 g/mol. The topological polar surface area (TPSA) is 66.5 Å². The van der Waals surface area contributed by atoms with Crippen LogP contribution in [-0.2, 0) is 14.6 Å². The van der Waals surface area contributed by atoms with Gasteiger partial charge in [-0.25, -0.2) is 12.8 Å². The highest BCUT2D eigenvalue weighted by atomic mass is 32.2. The molecular formula is C16H23FN2O3S. The number of hydrogen-bond donors (Lipinski definition) is 1. The summed E-state index contributed by atoms with van der Waals surface area (Å²) in [5.74, 6) is -0.568. The first-order valence-electron chi connectivity index (χ1n) is 7.85. The van der Waals surface area contributed by atoms with Gasteiger partial charge in [0.15, 0.2) is 9.84 Å². The molecule has 1 aromatic carbocycles. The third-order valence-corrected chi connectivity index (χ3v) is 5.85. The first-order chi connectivity index (χ1) is 10.9. The third kappa shape index (κ3) is 5.28. The van der Waals surface area contributed by atoms with Crippen molar-refractivity contribution in [3.8, 4) is 0 Å². The summed E-state index contributed by atoms with van der Waals surface area (Å²) in [6, 6.07) is 5.27. The minimum atomic E-state index is -3.73. The van der Waals surface area contributed by atoms with E-state index in [1.165, 1.54) is 18.2 Å². The number of carbonyl (C=O) groups is 1. The second-order valence-corrected chi connectivity index (χ2v) is 8.14. The lowest BCUT2D eigenvalue weighted by Gasteiger charge is -2.29. The van der Waals surface area contributed by atoms with Gasteiger partial charge in [-0.15, -0.1) is 0 Å². The molecule has 0 spiro atoms. The predicted octanol–water partition coefficient (Wildman–Crippen LogP) is 1.45. The average Bonchev–Trinajstić information content (AvgIpc) is 2.49. The van der Waals surface area contributed by atoms with Crippen molar-refractivity contribution in [3.63, 3.8) is 0 Å². The Morgan fingerprint density at radius 3 is 2.61 bits per heavy atom. The molecule has 1 aromatic rings. The Balaban J connectivity index is 1.78. The van der Waals surface area contributed by atoms with Crippen LogP contribution in [0.4, 0.5) is 4.39 Å². The summed E-state index contributed by atoms with van der Waals surface area (Å²) in [6.45, 7) is 4.25. The predicted molar refractivity (Wildman–Crippen MR) is 86.3 cm³/mol. The zero-order chi connectivity index (χ0) is 16.9. The Bertz CT molecular complexity index is 640. The van der Waals surface area contributed by atoms with Gasteiger partial charge in [0.05, 0.1) is 12.3 Å². The number of likely N-dealkylation sites (tertiary alicyclic amines) is 1. The van der Waals surface area contributed by atoms with Gasteiger partial charge in [0.25, 0.3) is 0 Å². The van der Waals surface area contributed by atoms with E-state index in [4.69, 9.17) is 0 Å². The summed E-state index contributed by atoms with van der Waals surface area (Å²) in [7, 11) is -3.73. The van der Waals surface area contributed by atoms with Gasteiger partial charge in [0.1, 0.15) is 10.7 Å². The summed E-state index contributed by atoms with van der Waals surface area (Å²) in [5.41, 5.74) is 0. The molecule has 1 aliphatic heterocycles. The van der Waals surface area contributed by atoms with E-state index >= 15 is 0 Å². The van der Waals surface area contributed by atoms with E-state index in [-0.39, 0.29) is 29.6 Å². The number of nitrogens with zero attached hydrogens (tertiary/aromatic N) is 1. The molecule has 1 aliphatic rings. The molecule has 7 heteroatoms. The van der Waals surface area contributed by atoms with Gasteiger partial charge in [0.2, 0.25) is 5.91 Å². The Labute approximate surface area is 136 Å². The second-order valence-electron chi connectivity index (χ2n) is 6.06. The van der Waals surface area contributed by atoms with Gasteiger partial charge >= 0.3 is 0 Å². The Morgan fingerprint density at radius 1 is 1.30 bits per heavy atom. The number of nitrogens with one attached hydrogen (secondary N) is 1. The minimum Gasteiger partial charge on any atom is -0.354 e. The molecule has 5 nitrogen and oxygen atoms in total. The van der Waals surface area contributed by atoms with Gasteiger partial charge in [-0.05, 0) is 44.0 Å². The Morgan fingerprint density at radius 2 is 1.96 bits per heavy atom. The molecule has 1 heterocycles. The highest BCUT2D eigenvalue weighted by Crippen LogP contribution is 2.16. The van der Waals surface area contributed by atoms with E-state index in [2.05, 4.69) is 17.1 Å². The third-order valence-electron chi connectivity index (χ3n) is 4.11. The fraction of sp³-hybridized carbons (Fsp3) is 0.562. The fourth-order valence-electron chi connectivity index (χ4n) is 2.61. The second kappa shape index (κ2) is 7.88. The standard InChI is InChI=1S/C16H23FN2O3S/c1-13-6-9-19(10-7-13)12-16(20)18-8-11-23(21,22)15-5-3-2-4-14(15)17/h2-5,13H,6-12H2,1H3,(H,18,20). The molecule has 1 amide bonds. The summed E-state index contributed by atoms with van der Waals surface area (Å²) < 4.78 is 37.7. The van der Waals surface area contributed by atoms with Gasteiger partial charge in [-0.2, -0.15) is 0 Å². The van der Waals surface area contributed by atoms with Crippen molar-refractivity contribution < 1.29 is 17.6 Å². The van der Waals surface area contributed by atoms with E-state index in [9.17, 15) is 17.6 Å². The van der Waals surface area contributed by atoms with Crippen LogP contribution >= 0.6 is 0 Å². The number of rotatable bonds is 6. The lowest BCUT2D eigenvalue weighted by Crippen LogP contribution is -2.42. The van der Waals surface area contributed by atoms with E-state index in [1.807, 2.05) is 0 Å². The van der Waals surface area contributed by atoms with E-state index < -0.39 is 15.7 Å². The first-order valence-corrected chi connectivity index (χ1v) is 9.50. The van der Waals surface area contributed by atoms with Crippen LogP contribution < -0.4 is 5.32 Å². The van der Waals surface area contributed by atoms with Crippen LogP contribution in [0, 0.1) is 11.7 Å². The van der Waals surface area contributed by atoms with Crippen LogP contribution in [0.2, 0.25) is 0 Å². The van der Waals surface area contributed by atoms with Gasteiger partial charge in [-0.3, -0.25) is 9.69 Å². The molecule has 0 unspecified atom stereocenters. The zero-order valence-electron chi connectivity index (χ0n) is 13.3. The maximum absolute atomic E-state index is 13.5. The van der Waals surface area contributed by atoms with Crippen molar-refractivity contribution in [3.05, 3.63) is 30.1 Å². The lowest BCUT2D eigenvalue weighted by atomic mass is 9.99. The molecule has 0 atom stereocenters. The molecule has 0 aliphatic carbocycles. The van der Waals surface area contributed by atoms with Crippen molar-refractivity contribution in [1.82, 2.24) is 10.2 Å². The summed E-state index contributed by atoms with van der Waals surface area (Å²) in [4.78, 5) is 13.6. The van der Waals surface area contributed by atoms with E-state index in [1.54, 1.807) is 0 Å². The molecule has 1 saturated heterocycles. The number of carbonyl (C=O) groups excluding carboxylic acids is 1. The van der Waals surface area contributed by atoms with Crippen LogP contribution in [0.3, 0.4) is 0 Å². The first kappa shape index (κ1) is 17.9. The largest absolute Gasteiger partial charge is 0.354 e. The van der Waals surface area contributed by atoms with Gasteiger partial charge in [-0.1, -0.05) is 19.1 Å². The smallest absolute Gasteiger partial charge is 0.234 e. The van der Waals surface area contributed by atoms with Crippen molar-refractivity contribution in [2.45, 2.75) is 24.7 Å². The van der Waals surface area contributed by atoms with Crippen molar-refractivity contribution >= 4 is 15.7 Å². The number of hydrogen-bond acceptors (Lipinski definition) is 4. The summed E-state index contributed by atoms with van der Waals surface area (Å²) in [6.07, 6.45) is 2.16. The molecule has 0 bridgehead atoms. The molecule has 23 heavy (non-hydrogen) atoms. The Kier molecular flexibility index (Phi) is 6.12. The van der Waals surface area contributed by atoms with E-state index in [0.29, 0.717) is 5.92 Å². The summed E-state index contributed by atoms with van der Waals surface area (Å²) in [5, 5.41) is 2.60. The molecule has 2 rings (SSSR count). The van der Waals surface area contributed by atoms with Crippen molar-refractivity contribution in [2.24, 2.45) is 5.92 Å². The maximum atomic E-state index is 13.5. The van der Waals surface area contributed by atoms with Crippen molar-refractivity contribution in [1.29, 1.82) is 0 Å². The highest BCUT2D eigenvalue weighted by molar-refractivity contribution is 7.91. The number of amides is 1. The molecule has 0 radical (unpaired) electrons. The number of halogens is 1. The minimum absolute atomic E-state index is 0.0141. The monoisotopic (exact) mass is 342 g/mol. The quantitative estimate of drug-likeness (QED) is 0.850.